The Morgan fingerprint density at radius 2 is 1.95 bits per heavy atom. The molecule has 0 amide bonds. The van der Waals surface area contributed by atoms with Gasteiger partial charge in [-0.15, -0.1) is 0 Å². The summed E-state index contributed by atoms with van der Waals surface area (Å²) in [5, 5.41) is 8.85. The standard InChI is InChI=1S/C11H11F3O6S/c1-19-10(16)8-2-3-9(7(6-8)4-5-15)20-21(17,18)11(12,13)14/h2-3,6,15H,4-5H2,1H3. The number of aliphatic hydroxyl groups is 1. The maximum atomic E-state index is 12.3. The molecule has 0 bridgehead atoms. The number of esters is 1. The minimum absolute atomic E-state index is 0.0160. The molecule has 1 aromatic rings. The molecule has 1 N–H and O–H groups in total. The fraction of sp³-hybridized carbons (Fsp3) is 0.364. The van der Waals surface area contributed by atoms with Crippen molar-refractivity contribution in [2.24, 2.45) is 0 Å². The second-order valence-electron chi connectivity index (χ2n) is 3.77. The summed E-state index contributed by atoms with van der Waals surface area (Å²) in [4.78, 5) is 11.3. The minimum atomic E-state index is -5.83. The van der Waals surface area contributed by atoms with E-state index >= 15 is 0 Å². The molecule has 0 radical (unpaired) electrons. The van der Waals surface area contributed by atoms with Crippen molar-refractivity contribution in [3.63, 3.8) is 0 Å². The third kappa shape index (κ3) is 4.08. The van der Waals surface area contributed by atoms with Crippen LogP contribution < -0.4 is 4.18 Å². The summed E-state index contributed by atoms with van der Waals surface area (Å²) in [5.41, 5.74) is -5.67. The maximum absolute atomic E-state index is 12.3. The normalized spacial score (nSPS) is 12.0. The van der Waals surface area contributed by atoms with Crippen LogP contribution in [-0.2, 0) is 21.3 Å². The molecule has 0 saturated heterocycles. The SMILES string of the molecule is COC(=O)c1ccc(OS(=O)(=O)C(F)(F)F)c(CCO)c1. The van der Waals surface area contributed by atoms with Gasteiger partial charge >= 0.3 is 21.6 Å². The van der Waals surface area contributed by atoms with Crippen LogP contribution in [0, 0.1) is 0 Å². The average Bonchev–Trinajstić information content (AvgIpc) is 2.38. The first kappa shape index (κ1) is 17.2. The fourth-order valence-electron chi connectivity index (χ4n) is 1.39. The Balaban J connectivity index is 3.22. The van der Waals surface area contributed by atoms with Crippen molar-refractivity contribution in [3.8, 4) is 5.75 Å². The van der Waals surface area contributed by atoms with Gasteiger partial charge in [0, 0.05) is 6.61 Å². The number of ether oxygens (including phenoxy) is 1. The smallest absolute Gasteiger partial charge is 0.465 e. The summed E-state index contributed by atoms with van der Waals surface area (Å²) < 4.78 is 67.1. The van der Waals surface area contributed by atoms with Gasteiger partial charge in [0.1, 0.15) is 5.75 Å². The molecule has 0 aliphatic carbocycles. The summed E-state index contributed by atoms with van der Waals surface area (Å²) in [6.45, 7) is -0.479. The van der Waals surface area contributed by atoms with Crippen molar-refractivity contribution in [1.29, 1.82) is 0 Å². The van der Waals surface area contributed by atoms with Crippen molar-refractivity contribution in [2.75, 3.05) is 13.7 Å². The van der Waals surface area contributed by atoms with E-state index in [2.05, 4.69) is 8.92 Å². The highest BCUT2D eigenvalue weighted by molar-refractivity contribution is 7.88. The molecule has 0 saturated carbocycles. The Hall–Kier alpha value is -1.81. The van der Waals surface area contributed by atoms with E-state index in [4.69, 9.17) is 5.11 Å². The lowest BCUT2D eigenvalue weighted by Crippen LogP contribution is -2.28. The van der Waals surface area contributed by atoms with Crippen molar-refractivity contribution >= 4 is 16.1 Å². The summed E-state index contributed by atoms with van der Waals surface area (Å²) >= 11 is 0. The van der Waals surface area contributed by atoms with Gasteiger partial charge in [0.05, 0.1) is 12.7 Å². The Morgan fingerprint density at radius 1 is 1.33 bits per heavy atom. The molecule has 0 aliphatic heterocycles. The van der Waals surface area contributed by atoms with E-state index in [-0.39, 0.29) is 17.5 Å². The number of benzene rings is 1. The molecular formula is C11H11F3O6S. The van der Waals surface area contributed by atoms with Crippen LogP contribution in [-0.4, -0.2) is 38.7 Å². The Kier molecular flexibility index (Phi) is 5.18. The summed E-state index contributed by atoms with van der Waals surface area (Å²) in [6.07, 6.45) is -0.201. The highest BCUT2D eigenvalue weighted by atomic mass is 32.2. The summed E-state index contributed by atoms with van der Waals surface area (Å²) in [6, 6.07) is 3.03. The van der Waals surface area contributed by atoms with Crippen LogP contribution in [0.3, 0.4) is 0 Å². The van der Waals surface area contributed by atoms with E-state index in [0.29, 0.717) is 0 Å². The van der Waals surface area contributed by atoms with Gasteiger partial charge in [-0.2, -0.15) is 21.6 Å². The quantitative estimate of drug-likeness (QED) is 0.497. The van der Waals surface area contributed by atoms with Crippen molar-refractivity contribution in [2.45, 2.75) is 11.9 Å². The zero-order valence-electron chi connectivity index (χ0n) is 10.7. The second-order valence-corrected chi connectivity index (χ2v) is 5.31. The molecule has 0 heterocycles. The number of methoxy groups -OCH3 is 1. The van der Waals surface area contributed by atoms with E-state index in [1.807, 2.05) is 0 Å². The predicted molar refractivity (Wildman–Crippen MR) is 64.2 cm³/mol. The monoisotopic (exact) mass is 328 g/mol. The molecule has 0 fully saturated rings. The lowest BCUT2D eigenvalue weighted by Gasteiger charge is -2.13. The molecular weight excluding hydrogens is 317 g/mol. The first-order valence-corrected chi connectivity index (χ1v) is 6.86. The van der Waals surface area contributed by atoms with Crippen LogP contribution in [0.4, 0.5) is 13.2 Å². The van der Waals surface area contributed by atoms with Crippen molar-refractivity contribution in [1.82, 2.24) is 0 Å². The van der Waals surface area contributed by atoms with Gasteiger partial charge in [-0.1, -0.05) is 0 Å². The second kappa shape index (κ2) is 6.31. The van der Waals surface area contributed by atoms with E-state index in [0.717, 1.165) is 25.3 Å². The highest BCUT2D eigenvalue weighted by Gasteiger charge is 2.48. The van der Waals surface area contributed by atoms with Gasteiger partial charge < -0.3 is 14.0 Å². The van der Waals surface area contributed by atoms with Gasteiger partial charge in [-0.05, 0) is 30.2 Å². The highest BCUT2D eigenvalue weighted by Crippen LogP contribution is 2.29. The number of carbonyl (C=O) groups is 1. The third-order valence-electron chi connectivity index (χ3n) is 2.35. The Labute approximate surface area is 118 Å². The first-order valence-electron chi connectivity index (χ1n) is 5.45. The van der Waals surface area contributed by atoms with E-state index in [1.165, 1.54) is 0 Å². The Morgan fingerprint density at radius 3 is 2.43 bits per heavy atom. The lowest BCUT2D eigenvalue weighted by atomic mass is 10.1. The molecule has 0 unspecified atom stereocenters. The molecule has 0 aromatic heterocycles. The fourth-order valence-corrected chi connectivity index (χ4v) is 1.88. The lowest BCUT2D eigenvalue weighted by molar-refractivity contribution is -0.0500. The number of aliphatic hydroxyl groups excluding tert-OH is 1. The van der Waals surface area contributed by atoms with Crippen LogP contribution in [0.25, 0.3) is 0 Å². The topological polar surface area (TPSA) is 89.9 Å². The summed E-state index contributed by atoms with van der Waals surface area (Å²) in [7, 11) is -4.72. The molecule has 0 atom stereocenters. The molecule has 6 nitrogen and oxygen atoms in total. The number of hydrogen-bond acceptors (Lipinski definition) is 6. The van der Waals surface area contributed by atoms with Gasteiger partial charge in [0.15, 0.2) is 0 Å². The first-order chi connectivity index (χ1) is 9.62. The number of rotatable bonds is 5. The van der Waals surface area contributed by atoms with Gasteiger partial charge in [0.25, 0.3) is 0 Å². The number of carbonyl (C=O) groups excluding carboxylic acids is 1. The predicted octanol–water partition coefficient (Wildman–Crippen LogP) is 1.24. The summed E-state index contributed by atoms with van der Waals surface area (Å²) in [5.74, 6) is -1.38. The van der Waals surface area contributed by atoms with E-state index < -0.39 is 34.0 Å². The largest absolute Gasteiger partial charge is 0.534 e. The maximum Gasteiger partial charge on any atom is 0.534 e. The average molecular weight is 328 g/mol. The van der Waals surface area contributed by atoms with Gasteiger partial charge in [-0.3, -0.25) is 0 Å². The molecule has 0 aliphatic rings. The van der Waals surface area contributed by atoms with E-state index in [9.17, 15) is 26.4 Å². The zero-order chi connectivity index (χ0) is 16.3. The number of halogens is 3. The molecule has 10 heteroatoms. The molecule has 0 spiro atoms. The third-order valence-corrected chi connectivity index (χ3v) is 3.31. The van der Waals surface area contributed by atoms with Crippen LogP contribution in [0.2, 0.25) is 0 Å². The zero-order valence-corrected chi connectivity index (χ0v) is 11.5. The van der Waals surface area contributed by atoms with Crippen LogP contribution in [0.5, 0.6) is 5.75 Å². The van der Waals surface area contributed by atoms with Crippen molar-refractivity contribution < 1.29 is 40.4 Å². The Bertz CT molecular complexity index is 623. The van der Waals surface area contributed by atoms with Crippen LogP contribution >= 0.6 is 0 Å². The van der Waals surface area contributed by atoms with Crippen molar-refractivity contribution in [3.05, 3.63) is 29.3 Å². The molecule has 1 aromatic carbocycles. The number of hydrogen-bond donors (Lipinski definition) is 1. The van der Waals surface area contributed by atoms with Gasteiger partial charge in [0.2, 0.25) is 0 Å². The van der Waals surface area contributed by atoms with Crippen LogP contribution in [0.1, 0.15) is 15.9 Å². The molecule has 1 rings (SSSR count). The van der Waals surface area contributed by atoms with Crippen LogP contribution in [0.15, 0.2) is 18.2 Å². The van der Waals surface area contributed by atoms with Gasteiger partial charge in [-0.25, -0.2) is 4.79 Å². The minimum Gasteiger partial charge on any atom is -0.465 e. The molecule has 21 heavy (non-hydrogen) atoms. The molecule has 118 valence electrons. The van der Waals surface area contributed by atoms with E-state index in [1.54, 1.807) is 0 Å². The number of alkyl halides is 3.